The molecule has 0 radical (unpaired) electrons. The van der Waals surface area contributed by atoms with E-state index in [1.807, 2.05) is 13.8 Å². The molecule has 0 aromatic carbocycles. The van der Waals surface area contributed by atoms with E-state index >= 15 is 0 Å². The molecule has 2 rings (SSSR count). The van der Waals surface area contributed by atoms with Gasteiger partial charge in [-0.05, 0) is 25.3 Å². The Morgan fingerprint density at radius 3 is 2.41 bits per heavy atom. The maximum absolute atomic E-state index is 12.8. The summed E-state index contributed by atoms with van der Waals surface area (Å²) in [4.78, 5) is 50.5. The molecule has 0 aromatic rings. The third kappa shape index (κ3) is 4.27. The van der Waals surface area contributed by atoms with Crippen LogP contribution < -0.4 is 0 Å². The van der Waals surface area contributed by atoms with Crippen LogP contribution in [0.4, 0.5) is 0 Å². The molecule has 2 aliphatic heterocycles. The van der Waals surface area contributed by atoms with Gasteiger partial charge in [0.1, 0.15) is 17.4 Å². The number of amides is 2. The number of hydrogen-bond acceptors (Lipinski definition) is 7. The van der Waals surface area contributed by atoms with E-state index in [0.29, 0.717) is 0 Å². The first-order chi connectivity index (χ1) is 12.5. The first-order valence-electron chi connectivity index (χ1n) is 8.85. The number of nitrogens with zero attached hydrogens (tertiary/aromatic N) is 1. The van der Waals surface area contributed by atoms with Crippen LogP contribution in [0.2, 0.25) is 0 Å². The first kappa shape index (κ1) is 20.8. The largest absolute Gasteiger partial charge is 0.511 e. The predicted molar refractivity (Wildman–Crippen MR) is 94.2 cm³/mol. The smallest absolute Gasteiger partial charge is 0.338 e. The lowest BCUT2D eigenvalue weighted by atomic mass is 9.98. The maximum Gasteiger partial charge on any atom is 0.338 e. The van der Waals surface area contributed by atoms with Gasteiger partial charge >= 0.3 is 5.97 Å². The highest BCUT2D eigenvalue weighted by Crippen LogP contribution is 2.32. The van der Waals surface area contributed by atoms with Crippen molar-refractivity contribution in [3.05, 3.63) is 23.5 Å². The Morgan fingerprint density at radius 1 is 1.30 bits per heavy atom. The number of rotatable bonds is 5. The Morgan fingerprint density at radius 2 is 1.93 bits per heavy atom. The molecule has 2 aliphatic rings. The van der Waals surface area contributed by atoms with E-state index in [9.17, 15) is 24.3 Å². The third-order valence-electron chi connectivity index (χ3n) is 4.24. The molecular formula is C19H25NO7. The second-order valence-electron chi connectivity index (χ2n) is 7.48. The molecule has 2 fully saturated rings. The molecule has 2 heterocycles. The zero-order valence-electron chi connectivity index (χ0n) is 16.1. The zero-order valence-corrected chi connectivity index (χ0v) is 16.1. The topological polar surface area (TPSA) is 110 Å². The van der Waals surface area contributed by atoms with Crippen LogP contribution >= 0.6 is 0 Å². The summed E-state index contributed by atoms with van der Waals surface area (Å²) in [6, 6.07) is -0.980. The highest BCUT2D eigenvalue weighted by molar-refractivity contribution is 6.31. The van der Waals surface area contributed by atoms with Crippen LogP contribution in [0.5, 0.6) is 0 Å². The van der Waals surface area contributed by atoms with E-state index < -0.39 is 52.8 Å². The Balaban J connectivity index is 2.36. The first-order valence-corrected chi connectivity index (χ1v) is 8.85. The lowest BCUT2D eigenvalue weighted by Gasteiger charge is -2.21. The van der Waals surface area contributed by atoms with Gasteiger partial charge in [-0.25, -0.2) is 4.79 Å². The van der Waals surface area contributed by atoms with Gasteiger partial charge in [-0.3, -0.25) is 19.3 Å². The number of cyclic esters (lactones) is 1. The number of aliphatic hydroxyl groups is 1. The number of carbonyl (C=O) groups excluding carboxylic acids is 4. The van der Waals surface area contributed by atoms with Gasteiger partial charge in [0.2, 0.25) is 5.79 Å². The van der Waals surface area contributed by atoms with Gasteiger partial charge in [-0.1, -0.05) is 19.9 Å². The number of Topliss-reactive ketones (excluding diaryl/α,β-unsaturated/α-hetero) is 1. The Hall–Kier alpha value is -2.48. The fraction of sp³-hybridized carbons (Fsp3) is 0.579. The van der Waals surface area contributed by atoms with Crippen molar-refractivity contribution in [1.82, 2.24) is 4.90 Å². The van der Waals surface area contributed by atoms with Crippen LogP contribution in [0.1, 0.15) is 47.5 Å². The van der Waals surface area contributed by atoms with Crippen LogP contribution in [0.15, 0.2) is 23.5 Å². The lowest BCUT2D eigenvalue weighted by molar-refractivity contribution is -0.160. The van der Waals surface area contributed by atoms with Gasteiger partial charge in [0.15, 0.2) is 11.9 Å². The van der Waals surface area contributed by atoms with Gasteiger partial charge in [-0.15, -0.1) is 0 Å². The Bertz CT molecular complexity index is 732. The number of likely N-dealkylation sites (tertiary alicyclic amines) is 1. The molecule has 0 spiro atoms. The standard InChI is InChI=1S/C19H25NO7/c1-6-7-14(22)20-11(8-10(2)3)16(23)15(17(20)24)12(21)9-13-18(25)27-19(4,5)26-13/h6-7,10-11,13,21H,8-9H2,1-5H3/b7-6+,15-12-/t11?,13-/m0/s1. The van der Waals surface area contributed by atoms with E-state index in [2.05, 4.69) is 0 Å². The summed E-state index contributed by atoms with van der Waals surface area (Å²) in [6.45, 7) is 8.43. The Kier molecular flexibility index (Phi) is 5.89. The number of ketones is 1. The minimum atomic E-state index is -1.15. The number of aliphatic hydroxyl groups excluding tert-OH is 1. The fourth-order valence-corrected chi connectivity index (χ4v) is 3.18. The molecular weight excluding hydrogens is 354 g/mol. The minimum Gasteiger partial charge on any atom is -0.511 e. The molecule has 8 heteroatoms. The molecule has 0 aliphatic carbocycles. The van der Waals surface area contributed by atoms with E-state index in [1.54, 1.807) is 6.92 Å². The van der Waals surface area contributed by atoms with Crippen LogP contribution in [0.25, 0.3) is 0 Å². The number of carbonyl (C=O) groups is 4. The molecule has 148 valence electrons. The SMILES string of the molecule is C/C=C/C(=O)N1C(=O)/C(=C(\O)C[C@@H]2OC(C)(C)OC2=O)C(=O)C1CC(C)C. The predicted octanol–water partition coefficient (Wildman–Crippen LogP) is 1.80. The van der Waals surface area contributed by atoms with Crippen molar-refractivity contribution >= 4 is 23.6 Å². The van der Waals surface area contributed by atoms with Crippen LogP contribution in [-0.4, -0.2) is 51.5 Å². The number of allylic oxidation sites excluding steroid dienone is 1. The molecule has 0 saturated carbocycles. The molecule has 1 N–H and O–H groups in total. The normalized spacial score (nSPS) is 27.0. The van der Waals surface area contributed by atoms with Crippen molar-refractivity contribution in [2.24, 2.45) is 5.92 Å². The summed E-state index contributed by atoms with van der Waals surface area (Å²) in [6.07, 6.45) is 1.43. The maximum atomic E-state index is 12.8. The molecule has 0 aromatic heterocycles. The van der Waals surface area contributed by atoms with Gasteiger partial charge in [-0.2, -0.15) is 0 Å². The highest BCUT2D eigenvalue weighted by atomic mass is 16.8. The van der Waals surface area contributed by atoms with E-state index in [1.165, 1.54) is 26.0 Å². The van der Waals surface area contributed by atoms with Gasteiger partial charge < -0.3 is 14.6 Å². The van der Waals surface area contributed by atoms with Crippen molar-refractivity contribution in [3.8, 4) is 0 Å². The lowest BCUT2D eigenvalue weighted by Crippen LogP contribution is -2.40. The van der Waals surface area contributed by atoms with Crippen molar-refractivity contribution < 1.29 is 33.8 Å². The van der Waals surface area contributed by atoms with Crippen LogP contribution in [-0.2, 0) is 28.7 Å². The second kappa shape index (κ2) is 7.64. The van der Waals surface area contributed by atoms with E-state index in [4.69, 9.17) is 9.47 Å². The molecule has 1 unspecified atom stereocenters. The average molecular weight is 379 g/mol. The van der Waals surface area contributed by atoms with Crippen molar-refractivity contribution in [2.75, 3.05) is 0 Å². The van der Waals surface area contributed by atoms with Crippen LogP contribution in [0, 0.1) is 5.92 Å². The molecule has 2 saturated heterocycles. The summed E-state index contributed by atoms with van der Waals surface area (Å²) in [5, 5.41) is 10.4. The molecule has 2 atom stereocenters. The number of esters is 1. The van der Waals surface area contributed by atoms with Gasteiger partial charge in [0.25, 0.3) is 11.8 Å². The van der Waals surface area contributed by atoms with Crippen LogP contribution in [0.3, 0.4) is 0 Å². The summed E-state index contributed by atoms with van der Waals surface area (Å²) >= 11 is 0. The molecule has 2 amide bonds. The second-order valence-corrected chi connectivity index (χ2v) is 7.48. The molecule has 8 nitrogen and oxygen atoms in total. The summed E-state index contributed by atoms with van der Waals surface area (Å²) < 4.78 is 10.4. The van der Waals surface area contributed by atoms with E-state index in [-0.39, 0.29) is 18.8 Å². The molecule has 0 bridgehead atoms. The quantitative estimate of drug-likeness (QED) is 0.336. The number of ether oxygens (including phenoxy) is 2. The van der Waals surface area contributed by atoms with Crippen molar-refractivity contribution in [3.63, 3.8) is 0 Å². The molecule has 27 heavy (non-hydrogen) atoms. The van der Waals surface area contributed by atoms with Crippen molar-refractivity contribution in [2.45, 2.75) is 65.4 Å². The number of imide groups is 1. The number of hydrogen-bond donors (Lipinski definition) is 1. The van der Waals surface area contributed by atoms with E-state index in [0.717, 1.165) is 4.90 Å². The average Bonchev–Trinajstić information content (AvgIpc) is 2.91. The monoisotopic (exact) mass is 379 g/mol. The third-order valence-corrected chi connectivity index (χ3v) is 4.24. The summed E-state index contributed by atoms with van der Waals surface area (Å²) in [7, 11) is 0. The minimum absolute atomic E-state index is 0.0445. The summed E-state index contributed by atoms with van der Waals surface area (Å²) in [5.74, 6) is -4.48. The van der Waals surface area contributed by atoms with Gasteiger partial charge in [0, 0.05) is 20.3 Å². The fourth-order valence-electron chi connectivity index (χ4n) is 3.18. The Labute approximate surface area is 157 Å². The van der Waals surface area contributed by atoms with Gasteiger partial charge in [0.05, 0.1) is 0 Å². The van der Waals surface area contributed by atoms with Crippen molar-refractivity contribution in [1.29, 1.82) is 0 Å². The zero-order chi connectivity index (χ0) is 20.5. The summed E-state index contributed by atoms with van der Waals surface area (Å²) in [5.41, 5.74) is -0.473. The highest BCUT2D eigenvalue weighted by Gasteiger charge is 2.49.